The van der Waals surface area contributed by atoms with E-state index in [1.54, 1.807) is 28.7 Å². The molecule has 3 aliphatic rings. The normalized spacial score (nSPS) is 20.8. The maximum absolute atomic E-state index is 14.0. The molecule has 1 atom stereocenters. The van der Waals surface area contributed by atoms with Crippen molar-refractivity contribution in [2.45, 2.75) is 42.0 Å². The maximum atomic E-state index is 14.0. The van der Waals surface area contributed by atoms with Crippen LogP contribution in [0.3, 0.4) is 0 Å². The van der Waals surface area contributed by atoms with Crippen molar-refractivity contribution in [1.82, 2.24) is 4.98 Å². The number of nitrogens with one attached hydrogen (secondary N) is 1. The van der Waals surface area contributed by atoms with Crippen LogP contribution in [0, 0.1) is 11.7 Å². The van der Waals surface area contributed by atoms with E-state index in [1.165, 1.54) is 30.5 Å². The SMILES string of the molecule is O=C(Nc1ccc2c(c1)C1(CCSCC1)C(C1CC1)N2S(=O)(=O)c1ccc(F)cc1)c1cccnc1. The summed E-state index contributed by atoms with van der Waals surface area (Å²) >= 11 is 1.90. The van der Waals surface area contributed by atoms with E-state index in [9.17, 15) is 17.6 Å². The van der Waals surface area contributed by atoms with Crippen molar-refractivity contribution >= 4 is 39.1 Å². The minimum absolute atomic E-state index is 0.0942. The molecule has 6 nitrogen and oxygen atoms in total. The van der Waals surface area contributed by atoms with E-state index in [0.29, 0.717) is 16.9 Å². The molecule has 0 bridgehead atoms. The number of nitrogens with zero attached hydrogens (tertiary/aromatic N) is 2. The smallest absolute Gasteiger partial charge is 0.264 e. The second kappa shape index (κ2) is 8.88. The van der Waals surface area contributed by atoms with Gasteiger partial charge in [-0.1, -0.05) is 0 Å². The van der Waals surface area contributed by atoms with Gasteiger partial charge in [-0.15, -0.1) is 0 Å². The molecule has 1 amide bonds. The van der Waals surface area contributed by atoms with Gasteiger partial charge in [0.2, 0.25) is 0 Å². The molecule has 0 radical (unpaired) electrons. The first-order valence-electron chi connectivity index (χ1n) is 12.1. The fraction of sp³-hybridized carbons (Fsp3) is 0.333. The number of amides is 1. The Balaban J connectivity index is 1.46. The lowest BCUT2D eigenvalue weighted by molar-refractivity contribution is 0.102. The predicted octanol–water partition coefficient (Wildman–Crippen LogP) is 5.23. The highest BCUT2D eigenvalue weighted by Crippen LogP contribution is 2.60. The number of sulfonamides is 1. The molecule has 1 unspecified atom stereocenters. The van der Waals surface area contributed by atoms with Crippen molar-refractivity contribution in [1.29, 1.82) is 0 Å². The van der Waals surface area contributed by atoms with Gasteiger partial charge in [0.1, 0.15) is 5.82 Å². The quantitative estimate of drug-likeness (QED) is 0.496. The number of pyridine rings is 1. The summed E-state index contributed by atoms with van der Waals surface area (Å²) < 4.78 is 43.3. The van der Waals surface area contributed by atoms with Crippen molar-refractivity contribution in [3.05, 3.63) is 83.9 Å². The number of anilines is 2. The van der Waals surface area contributed by atoms with E-state index in [2.05, 4.69) is 10.3 Å². The summed E-state index contributed by atoms with van der Waals surface area (Å²) in [6, 6.07) is 13.9. The van der Waals surface area contributed by atoms with Gasteiger partial charge >= 0.3 is 0 Å². The van der Waals surface area contributed by atoms with E-state index in [1.807, 2.05) is 23.9 Å². The van der Waals surface area contributed by atoms with Crippen molar-refractivity contribution in [2.75, 3.05) is 21.1 Å². The largest absolute Gasteiger partial charge is 0.322 e. The van der Waals surface area contributed by atoms with Crippen LogP contribution in [-0.4, -0.2) is 36.9 Å². The lowest BCUT2D eigenvalue weighted by Gasteiger charge is -2.41. The minimum Gasteiger partial charge on any atom is -0.322 e. The Labute approximate surface area is 214 Å². The van der Waals surface area contributed by atoms with E-state index in [4.69, 9.17) is 0 Å². The average molecular weight is 524 g/mol. The summed E-state index contributed by atoms with van der Waals surface area (Å²) in [5, 5.41) is 2.97. The molecule has 1 aromatic heterocycles. The van der Waals surface area contributed by atoms with Crippen LogP contribution >= 0.6 is 11.8 Å². The Morgan fingerprint density at radius 1 is 1.08 bits per heavy atom. The Bertz CT molecular complexity index is 1400. The molecule has 186 valence electrons. The van der Waals surface area contributed by atoms with Crippen LogP contribution in [0.25, 0.3) is 0 Å². The number of aromatic nitrogens is 1. The molecule has 1 N–H and O–H groups in total. The number of halogens is 1. The van der Waals surface area contributed by atoms with E-state index >= 15 is 0 Å². The van der Waals surface area contributed by atoms with Crippen LogP contribution in [0.15, 0.2) is 71.9 Å². The molecule has 3 aromatic rings. The van der Waals surface area contributed by atoms with Gasteiger partial charge < -0.3 is 5.32 Å². The summed E-state index contributed by atoms with van der Waals surface area (Å²) in [6.07, 6.45) is 6.87. The highest BCUT2D eigenvalue weighted by atomic mass is 32.2. The first-order chi connectivity index (χ1) is 17.4. The summed E-state index contributed by atoms with van der Waals surface area (Å²) in [7, 11) is -3.91. The number of carbonyl (C=O) groups excluding carboxylic acids is 1. The number of thioether (sulfide) groups is 1. The van der Waals surface area contributed by atoms with E-state index in [0.717, 1.165) is 42.8 Å². The molecule has 1 spiro atoms. The van der Waals surface area contributed by atoms with Gasteiger partial charge in [-0.3, -0.25) is 14.1 Å². The molecule has 1 saturated carbocycles. The number of carbonyl (C=O) groups is 1. The Morgan fingerprint density at radius 3 is 2.50 bits per heavy atom. The zero-order valence-electron chi connectivity index (χ0n) is 19.6. The Hall–Kier alpha value is -2.91. The van der Waals surface area contributed by atoms with Gasteiger partial charge in [0.25, 0.3) is 15.9 Å². The molecule has 2 aliphatic heterocycles. The summed E-state index contributed by atoms with van der Waals surface area (Å²) in [5.74, 6) is 1.47. The second-order valence-electron chi connectivity index (χ2n) is 9.73. The van der Waals surface area contributed by atoms with Crippen molar-refractivity contribution in [3.63, 3.8) is 0 Å². The minimum atomic E-state index is -3.91. The zero-order valence-corrected chi connectivity index (χ0v) is 21.2. The summed E-state index contributed by atoms with van der Waals surface area (Å²) in [4.78, 5) is 16.9. The number of hydrogen-bond acceptors (Lipinski definition) is 5. The molecular weight excluding hydrogens is 497 g/mol. The fourth-order valence-electron chi connectivity index (χ4n) is 5.79. The third kappa shape index (κ3) is 3.89. The monoisotopic (exact) mass is 523 g/mol. The average Bonchev–Trinajstić information content (AvgIpc) is 3.70. The summed E-state index contributed by atoms with van der Waals surface area (Å²) in [6.45, 7) is 0. The topological polar surface area (TPSA) is 79.4 Å². The molecule has 1 saturated heterocycles. The third-order valence-corrected chi connectivity index (χ3v) is 10.4. The van der Waals surface area contributed by atoms with Crippen LogP contribution in [0.5, 0.6) is 0 Å². The van der Waals surface area contributed by atoms with Gasteiger partial charge in [-0.05, 0) is 103 Å². The van der Waals surface area contributed by atoms with Crippen LogP contribution in [0.1, 0.15) is 41.6 Å². The number of rotatable bonds is 5. The molecule has 2 fully saturated rings. The lowest BCUT2D eigenvalue weighted by atomic mass is 9.70. The standard InChI is InChI=1S/C27H26FN3O3S2/c28-20-5-8-22(9-6-20)36(33,34)31-24-10-7-21(30-26(32)19-2-1-13-29-17-19)16-23(24)27(11-14-35-15-12-27)25(31)18-3-4-18/h1-2,5-10,13,16-18,25H,3-4,11-12,14-15H2,(H,30,32). The van der Waals surface area contributed by atoms with Crippen LogP contribution in [0.4, 0.5) is 15.8 Å². The van der Waals surface area contributed by atoms with Crippen molar-refractivity contribution < 1.29 is 17.6 Å². The van der Waals surface area contributed by atoms with Gasteiger partial charge in [0.05, 0.1) is 22.2 Å². The Kier molecular flexibility index (Phi) is 5.80. The first-order valence-corrected chi connectivity index (χ1v) is 14.7. The van der Waals surface area contributed by atoms with E-state index < -0.39 is 15.8 Å². The molecule has 2 aromatic carbocycles. The maximum Gasteiger partial charge on any atom is 0.264 e. The molecule has 6 rings (SSSR count). The van der Waals surface area contributed by atoms with Crippen LogP contribution in [0.2, 0.25) is 0 Å². The summed E-state index contributed by atoms with van der Waals surface area (Å²) in [5.41, 5.74) is 2.43. The number of hydrogen-bond donors (Lipinski definition) is 1. The van der Waals surface area contributed by atoms with Crippen molar-refractivity contribution in [3.8, 4) is 0 Å². The number of fused-ring (bicyclic) bond motifs is 2. The first kappa shape index (κ1) is 23.5. The number of benzene rings is 2. The fourth-order valence-corrected chi connectivity index (χ4v) is 8.81. The lowest BCUT2D eigenvalue weighted by Crippen LogP contribution is -2.50. The molecule has 1 aliphatic carbocycles. The van der Waals surface area contributed by atoms with Crippen LogP contribution in [-0.2, 0) is 15.4 Å². The zero-order chi connectivity index (χ0) is 24.9. The third-order valence-electron chi connectivity index (χ3n) is 7.59. The van der Waals surface area contributed by atoms with Gasteiger partial charge in [0.15, 0.2) is 0 Å². The molecule has 9 heteroatoms. The predicted molar refractivity (Wildman–Crippen MR) is 139 cm³/mol. The molecular formula is C27H26FN3O3S2. The van der Waals surface area contributed by atoms with Crippen LogP contribution < -0.4 is 9.62 Å². The molecule has 36 heavy (non-hydrogen) atoms. The van der Waals surface area contributed by atoms with Gasteiger partial charge in [-0.2, -0.15) is 11.8 Å². The highest BCUT2D eigenvalue weighted by Gasteiger charge is 2.59. The van der Waals surface area contributed by atoms with Gasteiger partial charge in [-0.25, -0.2) is 12.8 Å². The van der Waals surface area contributed by atoms with Crippen molar-refractivity contribution in [2.24, 2.45) is 5.92 Å². The Morgan fingerprint density at radius 2 is 1.83 bits per heavy atom. The second-order valence-corrected chi connectivity index (χ2v) is 12.8. The molecule has 3 heterocycles. The van der Waals surface area contributed by atoms with E-state index in [-0.39, 0.29) is 28.2 Å². The highest BCUT2D eigenvalue weighted by molar-refractivity contribution is 7.99. The van der Waals surface area contributed by atoms with Gasteiger partial charge in [0, 0.05) is 23.5 Å².